The average Bonchev–Trinajstić information content (AvgIpc) is 2.46. The highest BCUT2D eigenvalue weighted by Crippen LogP contribution is 2.28. The zero-order valence-corrected chi connectivity index (χ0v) is 11.4. The third-order valence-corrected chi connectivity index (χ3v) is 3.03. The number of carbonyl (C=O) groups excluding carboxylic acids is 1. The first-order valence-electron chi connectivity index (χ1n) is 6.40. The van der Waals surface area contributed by atoms with Crippen LogP contribution >= 0.6 is 0 Å². The van der Waals surface area contributed by atoms with Crippen LogP contribution in [-0.2, 0) is 11.3 Å². The van der Waals surface area contributed by atoms with E-state index in [1.54, 1.807) is 7.11 Å². The fourth-order valence-electron chi connectivity index (χ4n) is 2.11. The molecule has 0 saturated carbocycles. The fourth-order valence-corrected chi connectivity index (χ4v) is 2.11. The number of hydrogen-bond acceptors (Lipinski definition) is 4. The summed E-state index contributed by atoms with van der Waals surface area (Å²) in [6, 6.07) is 12.1. The molecule has 5 heteroatoms. The number of benzene rings is 2. The molecule has 0 aliphatic carbocycles. The van der Waals surface area contributed by atoms with Crippen LogP contribution < -0.4 is 15.8 Å². The minimum Gasteiger partial charge on any atom is -0.496 e. The zero-order valence-electron chi connectivity index (χ0n) is 11.4. The summed E-state index contributed by atoms with van der Waals surface area (Å²) in [4.78, 5) is 10.4. The van der Waals surface area contributed by atoms with Gasteiger partial charge in [0.05, 0.1) is 7.11 Å². The number of amides is 1. The maximum Gasteiger partial charge on any atom is 0.404 e. The molecule has 2 aromatic carbocycles. The Balaban J connectivity index is 2.05. The van der Waals surface area contributed by atoms with E-state index in [4.69, 9.17) is 10.5 Å². The molecule has 0 bridgehead atoms. The van der Waals surface area contributed by atoms with Gasteiger partial charge in [0, 0.05) is 18.5 Å². The summed E-state index contributed by atoms with van der Waals surface area (Å²) in [6.07, 6.45) is -0.748. The van der Waals surface area contributed by atoms with E-state index in [1.165, 1.54) is 5.56 Å². The number of ether oxygens (including phenoxy) is 2. The summed E-state index contributed by atoms with van der Waals surface area (Å²) in [5.74, 6) is 0.862. The molecule has 0 unspecified atom stereocenters. The van der Waals surface area contributed by atoms with Gasteiger partial charge in [0.25, 0.3) is 0 Å². The largest absolute Gasteiger partial charge is 0.496 e. The number of fused-ring (bicyclic) bond motifs is 1. The maximum atomic E-state index is 10.4. The predicted octanol–water partition coefficient (Wildman–Crippen LogP) is 2.03. The second kappa shape index (κ2) is 6.77. The summed E-state index contributed by atoms with van der Waals surface area (Å²) < 4.78 is 10.0. The molecule has 0 aliphatic rings. The lowest BCUT2D eigenvalue weighted by Crippen LogP contribution is -2.23. The highest BCUT2D eigenvalue weighted by molar-refractivity contribution is 5.91. The Bertz CT molecular complexity index is 599. The van der Waals surface area contributed by atoms with Gasteiger partial charge in [0.1, 0.15) is 12.4 Å². The van der Waals surface area contributed by atoms with Crippen molar-refractivity contribution in [3.05, 3.63) is 42.0 Å². The molecule has 2 rings (SSSR count). The van der Waals surface area contributed by atoms with Gasteiger partial charge in [-0.25, -0.2) is 4.79 Å². The molecule has 2 aromatic rings. The standard InChI is InChI=1S/C15H18N2O3/c1-19-14-7-6-11(10-17-8-9-20-15(16)18)12-4-2-3-5-13(12)14/h2-7,17H,8-10H2,1H3,(H2,16,18). The molecule has 0 aromatic heterocycles. The molecule has 0 fully saturated rings. The first-order chi connectivity index (χ1) is 9.72. The molecular formula is C15H18N2O3. The lowest BCUT2D eigenvalue weighted by molar-refractivity contribution is 0.157. The highest BCUT2D eigenvalue weighted by atomic mass is 16.5. The monoisotopic (exact) mass is 274 g/mol. The smallest absolute Gasteiger partial charge is 0.404 e. The van der Waals surface area contributed by atoms with Gasteiger partial charge >= 0.3 is 6.09 Å². The second-order valence-corrected chi connectivity index (χ2v) is 4.32. The second-order valence-electron chi connectivity index (χ2n) is 4.32. The SMILES string of the molecule is COc1ccc(CNCCOC(N)=O)c2ccccc12. The van der Waals surface area contributed by atoms with Crippen LogP contribution in [0.3, 0.4) is 0 Å². The van der Waals surface area contributed by atoms with Gasteiger partial charge in [-0.05, 0) is 17.0 Å². The number of nitrogens with one attached hydrogen (secondary N) is 1. The Hall–Kier alpha value is -2.27. The summed E-state index contributed by atoms with van der Waals surface area (Å²) in [6.45, 7) is 1.51. The van der Waals surface area contributed by atoms with Crippen LogP contribution in [0.5, 0.6) is 5.75 Å². The topological polar surface area (TPSA) is 73.6 Å². The molecule has 0 spiro atoms. The van der Waals surface area contributed by atoms with Gasteiger partial charge in [-0.15, -0.1) is 0 Å². The number of nitrogens with two attached hydrogens (primary N) is 1. The van der Waals surface area contributed by atoms with E-state index < -0.39 is 6.09 Å². The van der Waals surface area contributed by atoms with Crippen molar-refractivity contribution in [1.82, 2.24) is 5.32 Å². The Labute approximate surface area is 117 Å². The highest BCUT2D eigenvalue weighted by Gasteiger charge is 2.05. The predicted molar refractivity (Wildman–Crippen MR) is 77.7 cm³/mol. The Kier molecular flexibility index (Phi) is 4.79. The first-order valence-corrected chi connectivity index (χ1v) is 6.40. The number of hydrogen-bond donors (Lipinski definition) is 2. The van der Waals surface area contributed by atoms with Crippen LogP contribution in [0.1, 0.15) is 5.56 Å². The van der Waals surface area contributed by atoms with E-state index >= 15 is 0 Å². The number of carbonyl (C=O) groups is 1. The van der Waals surface area contributed by atoms with E-state index in [9.17, 15) is 4.79 Å². The zero-order chi connectivity index (χ0) is 14.4. The summed E-state index contributed by atoms with van der Waals surface area (Å²) >= 11 is 0. The van der Waals surface area contributed by atoms with Crippen LogP contribution in [0.4, 0.5) is 4.79 Å². The van der Waals surface area contributed by atoms with Crippen LogP contribution in [0, 0.1) is 0 Å². The van der Waals surface area contributed by atoms with E-state index in [2.05, 4.69) is 16.1 Å². The Morgan fingerprint density at radius 2 is 1.95 bits per heavy atom. The van der Waals surface area contributed by atoms with Crippen molar-refractivity contribution in [2.45, 2.75) is 6.54 Å². The van der Waals surface area contributed by atoms with Crippen molar-refractivity contribution in [3.63, 3.8) is 0 Å². The van der Waals surface area contributed by atoms with Crippen LogP contribution in [0.15, 0.2) is 36.4 Å². The maximum absolute atomic E-state index is 10.4. The van der Waals surface area contributed by atoms with Gasteiger partial charge in [-0.2, -0.15) is 0 Å². The minimum absolute atomic E-state index is 0.267. The first kappa shape index (κ1) is 14.1. The molecule has 1 amide bonds. The molecule has 5 nitrogen and oxygen atoms in total. The lowest BCUT2D eigenvalue weighted by Gasteiger charge is -2.11. The minimum atomic E-state index is -0.748. The van der Waals surface area contributed by atoms with Crippen molar-refractivity contribution >= 4 is 16.9 Å². The third-order valence-electron chi connectivity index (χ3n) is 3.03. The number of methoxy groups -OCH3 is 1. The van der Waals surface area contributed by atoms with Crippen LogP contribution in [-0.4, -0.2) is 26.4 Å². The molecule has 0 aliphatic heterocycles. The quantitative estimate of drug-likeness (QED) is 0.790. The Morgan fingerprint density at radius 1 is 1.20 bits per heavy atom. The Morgan fingerprint density at radius 3 is 2.65 bits per heavy atom. The van der Waals surface area contributed by atoms with Crippen LogP contribution in [0.25, 0.3) is 10.8 Å². The van der Waals surface area contributed by atoms with Gasteiger partial charge in [-0.1, -0.05) is 30.3 Å². The van der Waals surface area contributed by atoms with E-state index in [0.29, 0.717) is 13.1 Å². The molecule has 0 atom stereocenters. The van der Waals surface area contributed by atoms with Gasteiger partial charge in [-0.3, -0.25) is 0 Å². The molecule has 0 heterocycles. The number of rotatable bonds is 6. The van der Waals surface area contributed by atoms with E-state index in [1.807, 2.05) is 30.3 Å². The van der Waals surface area contributed by atoms with Gasteiger partial charge in [0.2, 0.25) is 0 Å². The molecule has 20 heavy (non-hydrogen) atoms. The van der Waals surface area contributed by atoms with Crippen molar-refractivity contribution in [2.24, 2.45) is 5.73 Å². The normalized spacial score (nSPS) is 10.4. The molecule has 0 saturated heterocycles. The van der Waals surface area contributed by atoms with E-state index in [0.717, 1.165) is 16.5 Å². The van der Waals surface area contributed by atoms with Crippen molar-refractivity contribution < 1.29 is 14.3 Å². The van der Waals surface area contributed by atoms with Gasteiger partial charge in [0.15, 0.2) is 0 Å². The van der Waals surface area contributed by atoms with Crippen LogP contribution in [0.2, 0.25) is 0 Å². The van der Waals surface area contributed by atoms with Crippen molar-refractivity contribution in [1.29, 1.82) is 0 Å². The van der Waals surface area contributed by atoms with E-state index in [-0.39, 0.29) is 6.61 Å². The molecular weight excluding hydrogens is 256 g/mol. The van der Waals surface area contributed by atoms with Crippen molar-refractivity contribution in [2.75, 3.05) is 20.3 Å². The molecule has 0 radical (unpaired) electrons. The summed E-state index contributed by atoms with van der Waals surface area (Å²) in [5, 5.41) is 5.45. The summed E-state index contributed by atoms with van der Waals surface area (Å²) in [5.41, 5.74) is 6.06. The third kappa shape index (κ3) is 3.39. The number of primary amides is 1. The lowest BCUT2D eigenvalue weighted by atomic mass is 10.0. The molecule has 106 valence electrons. The summed E-state index contributed by atoms with van der Waals surface area (Å²) in [7, 11) is 1.67. The molecule has 3 N–H and O–H groups in total. The van der Waals surface area contributed by atoms with Gasteiger partial charge < -0.3 is 20.5 Å². The van der Waals surface area contributed by atoms with Crippen molar-refractivity contribution in [3.8, 4) is 5.75 Å². The average molecular weight is 274 g/mol. The fraction of sp³-hybridized carbons (Fsp3) is 0.267.